The molecule has 9 rings (SSSR count). The first kappa shape index (κ1) is 68.8. The van der Waals surface area contributed by atoms with E-state index in [0.29, 0.717) is 99.6 Å². The van der Waals surface area contributed by atoms with Crippen molar-refractivity contribution >= 4 is 99.5 Å². The summed E-state index contributed by atoms with van der Waals surface area (Å²) in [6, 6.07) is 4.89. The second-order valence-corrected chi connectivity index (χ2v) is 25.6. The number of morpholine rings is 3. The average molecular weight is 1300 g/mol. The largest absolute Gasteiger partial charge is 0.434 e. The van der Waals surface area contributed by atoms with Crippen molar-refractivity contribution in [1.82, 2.24) is 59.8 Å². The highest BCUT2D eigenvalue weighted by molar-refractivity contribution is 6.30. The molecule has 26 nitrogen and oxygen atoms in total. The monoisotopic (exact) mass is 1300 g/mol. The summed E-state index contributed by atoms with van der Waals surface area (Å²) in [7, 11) is 0. The topological polar surface area (TPSA) is 308 Å². The number of rotatable bonds is 10. The zero-order valence-corrected chi connectivity index (χ0v) is 53.6. The maximum absolute atomic E-state index is 13.7. The van der Waals surface area contributed by atoms with Crippen LogP contribution in [0.4, 0.5) is 54.3 Å². The summed E-state index contributed by atoms with van der Waals surface area (Å²) in [6.45, 7) is 28.4. The quantitative estimate of drug-likeness (QED) is 0.0928. The molecule has 0 saturated carbocycles. The van der Waals surface area contributed by atoms with Gasteiger partial charge < -0.3 is 34.2 Å². The predicted molar refractivity (Wildman–Crippen MR) is 331 cm³/mol. The Bertz CT molecular complexity index is 3490. The molecule has 3 fully saturated rings. The molecule has 478 valence electrons. The summed E-state index contributed by atoms with van der Waals surface area (Å²) in [4.78, 5) is 106. The van der Waals surface area contributed by atoms with Crippen LogP contribution in [0.2, 0.25) is 15.5 Å². The van der Waals surface area contributed by atoms with Crippen LogP contribution in [0.15, 0.2) is 43.0 Å². The minimum Gasteiger partial charge on any atom is -0.378 e. The molecule has 32 heteroatoms. The van der Waals surface area contributed by atoms with Gasteiger partial charge in [-0.25, -0.2) is 54.8 Å². The Morgan fingerprint density at radius 1 is 0.416 bits per heavy atom. The van der Waals surface area contributed by atoms with E-state index in [-0.39, 0.29) is 57.4 Å². The molecule has 3 saturated heterocycles. The SMILES string of the molecule is CC(C)(C)C(=O)Nc1ncc(-c2nc(Cl)cc(N3CCOCC3)n2)c(C(F)(F)F)n1.CC(C)(C)C(=O)Nc1ncc(-c2nc(Cl)cc(N3CCOCC3)n2)c(NC(=O)C(C)(C)C)n1.CC(C)(C)C(=O)Nc1ncc(-c2nc(Cl)cc(N3CCOCC3)n2)cn1. The number of carbonyl (C=O) groups is 4. The number of nitrogens with zero attached hydrogens (tertiary/aromatic N) is 15. The summed E-state index contributed by atoms with van der Waals surface area (Å²) in [5, 5.41) is 11.1. The van der Waals surface area contributed by atoms with Crippen molar-refractivity contribution in [1.29, 1.82) is 0 Å². The number of nitrogens with one attached hydrogen (secondary N) is 4. The third kappa shape index (κ3) is 19.6. The smallest absolute Gasteiger partial charge is 0.378 e. The van der Waals surface area contributed by atoms with Crippen LogP contribution in [0.25, 0.3) is 34.2 Å². The molecular weight excluding hydrogens is 1230 g/mol. The second kappa shape index (κ2) is 28.8. The van der Waals surface area contributed by atoms with E-state index in [4.69, 9.17) is 49.0 Å². The number of carbonyl (C=O) groups excluding carboxylic acids is 4. The molecule has 0 aromatic carbocycles. The maximum atomic E-state index is 13.7. The average Bonchev–Trinajstić information content (AvgIpc) is 1.92. The number of anilines is 7. The van der Waals surface area contributed by atoms with E-state index in [0.717, 1.165) is 25.1 Å². The van der Waals surface area contributed by atoms with E-state index in [1.807, 2.05) is 30.6 Å². The van der Waals surface area contributed by atoms with E-state index in [1.165, 1.54) is 12.3 Å². The molecule has 6 aromatic rings. The number of halogens is 6. The first-order chi connectivity index (χ1) is 41.6. The standard InChI is InChI=1S/C22H30ClN7O3.C18H20ClF3N6O2.C17H21ClN6O2/c1-21(2,3)18(31)27-17-13(12-24-20(28-17)29-19(32)22(4,5)6)16-25-14(23)11-15(26-16)30-7-9-33-10-8-30;1-17(2,3)15(29)27-16-23-9-10(13(26-16)18(20,21)22)14-24-11(19)8-12(25-14)28-4-6-30-7-5-28;1-17(2,3)15(25)23-16-19-9-11(10-20-16)14-21-12(18)8-13(22-14)24-4-6-26-7-5-24/h11-12H,7-10H2,1-6H3,(H2,24,27,28,29,31,32);8-9H,4-7H2,1-3H3,(H,23,26,27,29);8-10H,4-7H2,1-3H3,(H,19,20,23,25). The molecular formula is C57H71Cl3F3N19O7. The molecule has 6 aromatic heterocycles. The van der Waals surface area contributed by atoms with Crippen LogP contribution in [0.5, 0.6) is 0 Å². The number of hydrogen-bond donors (Lipinski definition) is 4. The molecule has 4 amide bonds. The molecule has 3 aliphatic rings. The minimum atomic E-state index is -4.83. The first-order valence-corrected chi connectivity index (χ1v) is 29.3. The fraction of sp³-hybridized carbons (Fsp3) is 0.509. The number of amides is 4. The number of hydrogen-bond acceptors (Lipinski definition) is 22. The van der Waals surface area contributed by atoms with Gasteiger partial charge in [-0.2, -0.15) is 18.2 Å². The van der Waals surface area contributed by atoms with Gasteiger partial charge in [0.1, 0.15) is 38.7 Å². The van der Waals surface area contributed by atoms with Gasteiger partial charge in [0.15, 0.2) is 23.2 Å². The Morgan fingerprint density at radius 3 is 1.11 bits per heavy atom. The van der Waals surface area contributed by atoms with Crippen molar-refractivity contribution < 1.29 is 46.6 Å². The van der Waals surface area contributed by atoms with Crippen LogP contribution in [0, 0.1) is 21.7 Å². The molecule has 0 unspecified atom stereocenters. The minimum absolute atomic E-state index is 0.0141. The van der Waals surface area contributed by atoms with E-state index in [2.05, 4.69) is 86.0 Å². The van der Waals surface area contributed by atoms with Crippen LogP contribution in [0.3, 0.4) is 0 Å². The lowest BCUT2D eigenvalue weighted by Crippen LogP contribution is -2.36. The molecule has 9 heterocycles. The van der Waals surface area contributed by atoms with Crippen molar-refractivity contribution in [3.63, 3.8) is 0 Å². The van der Waals surface area contributed by atoms with Gasteiger partial charge in [-0.05, 0) is 0 Å². The summed E-state index contributed by atoms with van der Waals surface area (Å²) in [6.07, 6.45) is 0.714. The zero-order chi connectivity index (χ0) is 65.2. The first-order valence-electron chi connectivity index (χ1n) is 28.1. The highest BCUT2D eigenvalue weighted by atomic mass is 35.5. The summed E-state index contributed by atoms with van der Waals surface area (Å²) in [5.41, 5.74) is -3.36. The van der Waals surface area contributed by atoms with Crippen LogP contribution >= 0.6 is 34.8 Å². The lowest BCUT2D eigenvalue weighted by Gasteiger charge is -2.28. The highest BCUT2D eigenvalue weighted by Crippen LogP contribution is 2.37. The van der Waals surface area contributed by atoms with Gasteiger partial charge in [0.05, 0.1) is 56.3 Å². The Hall–Kier alpha value is -7.70. The van der Waals surface area contributed by atoms with Crippen molar-refractivity contribution in [2.24, 2.45) is 21.7 Å². The summed E-state index contributed by atoms with van der Waals surface area (Å²) < 4.78 is 57.2. The fourth-order valence-electron chi connectivity index (χ4n) is 7.64. The van der Waals surface area contributed by atoms with E-state index >= 15 is 0 Å². The fourth-order valence-corrected chi connectivity index (χ4v) is 8.18. The lowest BCUT2D eigenvalue weighted by molar-refractivity contribution is -0.140. The summed E-state index contributed by atoms with van der Waals surface area (Å²) >= 11 is 18.5. The van der Waals surface area contributed by atoms with Crippen molar-refractivity contribution in [2.75, 3.05) is 115 Å². The van der Waals surface area contributed by atoms with Crippen LogP contribution in [-0.2, 0) is 39.6 Å². The molecule has 0 atom stereocenters. The Labute approximate surface area is 527 Å². The Kier molecular flexibility index (Phi) is 22.3. The van der Waals surface area contributed by atoms with Gasteiger partial charge >= 0.3 is 6.18 Å². The zero-order valence-electron chi connectivity index (χ0n) is 51.4. The highest BCUT2D eigenvalue weighted by Gasteiger charge is 2.38. The van der Waals surface area contributed by atoms with Crippen molar-refractivity contribution in [3.8, 4) is 34.2 Å². The molecule has 0 radical (unpaired) electrons. The molecule has 0 spiro atoms. The molecule has 0 aliphatic carbocycles. The Balaban J connectivity index is 0.000000191. The third-order valence-corrected chi connectivity index (χ3v) is 13.5. The number of ether oxygens (including phenoxy) is 3. The van der Waals surface area contributed by atoms with Crippen LogP contribution in [0.1, 0.15) is 88.8 Å². The van der Waals surface area contributed by atoms with E-state index < -0.39 is 50.9 Å². The van der Waals surface area contributed by atoms with E-state index in [1.54, 1.807) is 86.8 Å². The van der Waals surface area contributed by atoms with Crippen molar-refractivity contribution in [2.45, 2.75) is 89.3 Å². The lowest BCUT2D eigenvalue weighted by atomic mass is 9.95. The van der Waals surface area contributed by atoms with Gasteiger partial charge in [0, 0.05) is 104 Å². The van der Waals surface area contributed by atoms with Gasteiger partial charge in [0.25, 0.3) is 0 Å². The van der Waals surface area contributed by atoms with Crippen LogP contribution < -0.4 is 36.0 Å². The Morgan fingerprint density at radius 2 is 0.730 bits per heavy atom. The molecule has 89 heavy (non-hydrogen) atoms. The normalized spacial score (nSPS) is 15.0. The van der Waals surface area contributed by atoms with Crippen LogP contribution in [-0.4, -0.2) is 162 Å². The molecule has 3 aliphatic heterocycles. The predicted octanol–water partition coefficient (Wildman–Crippen LogP) is 9.23. The van der Waals surface area contributed by atoms with Gasteiger partial charge in [-0.1, -0.05) is 118 Å². The van der Waals surface area contributed by atoms with Gasteiger partial charge in [-0.15, -0.1) is 0 Å². The number of aromatic nitrogens is 12. The molecule has 4 N–H and O–H groups in total. The second-order valence-electron chi connectivity index (χ2n) is 24.4. The summed E-state index contributed by atoms with van der Waals surface area (Å²) in [5.74, 6) is 1.07. The maximum Gasteiger partial charge on any atom is 0.434 e. The van der Waals surface area contributed by atoms with E-state index in [9.17, 15) is 32.3 Å². The molecule has 0 bridgehead atoms. The van der Waals surface area contributed by atoms with Gasteiger partial charge in [0.2, 0.25) is 41.5 Å². The number of alkyl halides is 3. The van der Waals surface area contributed by atoms with Gasteiger partial charge in [-0.3, -0.25) is 35.1 Å². The van der Waals surface area contributed by atoms with Crippen molar-refractivity contribution in [3.05, 3.63) is 64.1 Å². The third-order valence-electron chi connectivity index (χ3n) is 12.9.